The number of carbonyl (C=O) groups excluding carboxylic acids is 1. The second kappa shape index (κ2) is 4.07. The van der Waals surface area contributed by atoms with Gasteiger partial charge in [-0.1, -0.05) is 6.07 Å². The van der Waals surface area contributed by atoms with Crippen molar-refractivity contribution in [3.05, 3.63) is 30.0 Å². The largest absolute Gasteiger partial charge is 0.496 e. The zero-order chi connectivity index (χ0) is 11.5. The first-order valence-corrected chi connectivity index (χ1v) is 4.82. The molecule has 1 N–H and O–H groups in total. The van der Waals surface area contributed by atoms with Crippen LogP contribution in [0.3, 0.4) is 0 Å². The third kappa shape index (κ3) is 1.52. The highest BCUT2D eigenvalue weighted by Crippen LogP contribution is 2.29. The molecule has 2 aromatic rings. The van der Waals surface area contributed by atoms with Gasteiger partial charge in [0.25, 0.3) is 0 Å². The zero-order valence-corrected chi connectivity index (χ0v) is 8.78. The predicted octanol–water partition coefficient (Wildman–Crippen LogP) is 2.27. The number of nitrogens with one attached hydrogen (secondary N) is 1. The van der Waals surface area contributed by atoms with E-state index in [-0.39, 0.29) is 12.2 Å². The Balaban J connectivity index is 2.63. The first kappa shape index (κ1) is 10.2. The summed E-state index contributed by atoms with van der Waals surface area (Å²) in [5, 5.41) is 9.26. The molecule has 0 aliphatic heterocycles. The highest BCUT2D eigenvalue weighted by Gasteiger charge is 2.14. The normalized spacial score (nSPS) is 10.0. The molecule has 1 aromatic heterocycles. The second-order valence-electron chi connectivity index (χ2n) is 3.34. The van der Waals surface area contributed by atoms with Crippen LogP contribution in [0.5, 0.6) is 5.75 Å². The van der Waals surface area contributed by atoms with Crippen molar-refractivity contribution < 1.29 is 9.53 Å². The smallest absolute Gasteiger partial charge is 0.179 e. The first-order chi connectivity index (χ1) is 7.77. The van der Waals surface area contributed by atoms with E-state index in [4.69, 9.17) is 10.00 Å². The number of ether oxygens (including phenoxy) is 1. The molecule has 0 radical (unpaired) electrons. The summed E-state index contributed by atoms with van der Waals surface area (Å²) in [5.41, 5.74) is 1.34. The second-order valence-corrected chi connectivity index (χ2v) is 3.34. The van der Waals surface area contributed by atoms with Crippen molar-refractivity contribution in [1.82, 2.24) is 4.98 Å². The van der Waals surface area contributed by atoms with E-state index in [1.54, 1.807) is 19.4 Å². The van der Waals surface area contributed by atoms with Gasteiger partial charge in [-0.15, -0.1) is 0 Å². The number of H-pyrrole nitrogens is 1. The minimum atomic E-state index is -0.196. The van der Waals surface area contributed by atoms with Crippen LogP contribution in [0.2, 0.25) is 0 Å². The van der Waals surface area contributed by atoms with Gasteiger partial charge < -0.3 is 9.72 Å². The lowest BCUT2D eigenvalue weighted by molar-refractivity contribution is 0.0999. The maximum absolute atomic E-state index is 11.7. The fourth-order valence-electron chi connectivity index (χ4n) is 1.71. The van der Waals surface area contributed by atoms with Crippen molar-refractivity contribution in [3.63, 3.8) is 0 Å². The minimum absolute atomic E-state index is 0.120. The van der Waals surface area contributed by atoms with Gasteiger partial charge in [-0.2, -0.15) is 5.26 Å². The number of nitrogens with zero attached hydrogens (tertiary/aromatic N) is 1. The van der Waals surface area contributed by atoms with Crippen LogP contribution < -0.4 is 4.74 Å². The Labute approximate surface area is 92.4 Å². The van der Waals surface area contributed by atoms with E-state index < -0.39 is 0 Å². The molecule has 1 heterocycles. The van der Waals surface area contributed by atoms with Crippen LogP contribution >= 0.6 is 0 Å². The highest BCUT2D eigenvalue weighted by molar-refractivity contribution is 6.10. The number of Topliss-reactive ketones (excluding diaryl/α,β-unsaturated/α-hetero) is 1. The summed E-state index contributed by atoms with van der Waals surface area (Å²) in [4.78, 5) is 14.7. The molecule has 80 valence electrons. The Morgan fingerprint density at radius 1 is 1.56 bits per heavy atom. The third-order valence-corrected chi connectivity index (χ3v) is 2.43. The summed E-state index contributed by atoms with van der Waals surface area (Å²) in [6.45, 7) is 0. The van der Waals surface area contributed by atoms with Crippen molar-refractivity contribution in [2.24, 2.45) is 0 Å². The number of aromatic nitrogens is 1. The topological polar surface area (TPSA) is 65.9 Å². The average molecular weight is 214 g/mol. The Morgan fingerprint density at radius 2 is 2.38 bits per heavy atom. The highest BCUT2D eigenvalue weighted by atomic mass is 16.5. The predicted molar refractivity (Wildman–Crippen MR) is 59.4 cm³/mol. The summed E-state index contributed by atoms with van der Waals surface area (Å²) >= 11 is 0. The quantitative estimate of drug-likeness (QED) is 0.797. The van der Waals surface area contributed by atoms with Crippen molar-refractivity contribution in [2.75, 3.05) is 7.11 Å². The molecule has 2 rings (SSSR count). The van der Waals surface area contributed by atoms with Gasteiger partial charge in [-0.25, -0.2) is 0 Å². The fraction of sp³-hybridized carbons (Fsp3) is 0.167. The summed E-state index contributed by atoms with van der Waals surface area (Å²) in [7, 11) is 1.56. The summed E-state index contributed by atoms with van der Waals surface area (Å²) < 4.78 is 5.20. The lowest BCUT2D eigenvalue weighted by atomic mass is 10.1. The van der Waals surface area contributed by atoms with Gasteiger partial charge in [0.2, 0.25) is 0 Å². The number of ketones is 1. The molecule has 0 aliphatic rings. The van der Waals surface area contributed by atoms with Gasteiger partial charge in [0.15, 0.2) is 5.78 Å². The Morgan fingerprint density at radius 3 is 3.06 bits per heavy atom. The van der Waals surface area contributed by atoms with Crippen molar-refractivity contribution in [2.45, 2.75) is 6.42 Å². The Kier molecular flexibility index (Phi) is 2.61. The van der Waals surface area contributed by atoms with E-state index in [0.717, 1.165) is 10.9 Å². The van der Waals surface area contributed by atoms with E-state index in [1.165, 1.54) is 0 Å². The molecule has 4 heteroatoms. The number of benzene rings is 1. The zero-order valence-electron chi connectivity index (χ0n) is 8.78. The molecule has 0 saturated heterocycles. The fourth-order valence-corrected chi connectivity index (χ4v) is 1.71. The number of carbonyl (C=O) groups is 1. The summed E-state index contributed by atoms with van der Waals surface area (Å²) in [6, 6.07) is 7.35. The maximum Gasteiger partial charge on any atom is 0.179 e. The Hall–Kier alpha value is -2.28. The van der Waals surface area contributed by atoms with Crippen molar-refractivity contribution in [1.29, 1.82) is 5.26 Å². The molecule has 0 amide bonds. The lowest BCUT2D eigenvalue weighted by Gasteiger charge is -2.02. The number of rotatable bonds is 3. The molecule has 1 aromatic carbocycles. The third-order valence-electron chi connectivity index (χ3n) is 2.43. The van der Waals surface area contributed by atoms with Crippen LogP contribution in [0, 0.1) is 11.3 Å². The molecule has 4 nitrogen and oxygen atoms in total. The summed E-state index contributed by atoms with van der Waals surface area (Å²) in [6.07, 6.45) is 1.50. The van der Waals surface area contributed by atoms with E-state index in [2.05, 4.69) is 4.98 Å². The standard InChI is InChI=1S/C12H10N2O2/c1-16-11-4-2-3-9-12(11)8(7-14-9)10(15)5-6-13/h2-4,7,14H,5H2,1H3. The molecule has 0 unspecified atom stereocenters. The molecule has 0 bridgehead atoms. The lowest BCUT2D eigenvalue weighted by Crippen LogP contribution is -1.96. The average Bonchev–Trinajstić information content (AvgIpc) is 2.72. The van der Waals surface area contributed by atoms with Gasteiger partial charge in [0.05, 0.1) is 25.0 Å². The molecule has 16 heavy (non-hydrogen) atoms. The first-order valence-electron chi connectivity index (χ1n) is 4.82. The number of aromatic amines is 1. The van der Waals surface area contributed by atoms with Gasteiger partial charge in [0, 0.05) is 17.3 Å². The number of fused-ring (bicyclic) bond motifs is 1. The molecular formula is C12H10N2O2. The van der Waals surface area contributed by atoms with E-state index in [0.29, 0.717) is 11.3 Å². The van der Waals surface area contributed by atoms with Crippen molar-refractivity contribution >= 4 is 16.7 Å². The van der Waals surface area contributed by atoms with E-state index in [9.17, 15) is 4.79 Å². The van der Waals surface area contributed by atoms with Crippen LogP contribution in [0.1, 0.15) is 16.8 Å². The van der Waals surface area contributed by atoms with Crippen LogP contribution in [0.4, 0.5) is 0 Å². The number of methoxy groups -OCH3 is 1. The number of hydrogen-bond acceptors (Lipinski definition) is 3. The van der Waals surface area contributed by atoms with Crippen LogP contribution in [-0.4, -0.2) is 17.9 Å². The van der Waals surface area contributed by atoms with Gasteiger partial charge in [-0.3, -0.25) is 4.79 Å². The van der Waals surface area contributed by atoms with E-state index >= 15 is 0 Å². The monoisotopic (exact) mass is 214 g/mol. The van der Waals surface area contributed by atoms with Gasteiger partial charge >= 0.3 is 0 Å². The van der Waals surface area contributed by atoms with Crippen molar-refractivity contribution in [3.8, 4) is 11.8 Å². The van der Waals surface area contributed by atoms with Crippen LogP contribution in [0.15, 0.2) is 24.4 Å². The van der Waals surface area contributed by atoms with Gasteiger partial charge in [-0.05, 0) is 12.1 Å². The Bertz CT molecular complexity index is 578. The molecule has 0 saturated carbocycles. The molecular weight excluding hydrogens is 204 g/mol. The molecule has 0 spiro atoms. The molecule has 0 aliphatic carbocycles. The van der Waals surface area contributed by atoms with E-state index in [1.807, 2.05) is 18.2 Å². The van der Waals surface area contributed by atoms with Crippen LogP contribution in [-0.2, 0) is 0 Å². The SMILES string of the molecule is COc1cccc2[nH]cc(C(=O)CC#N)c12. The minimum Gasteiger partial charge on any atom is -0.496 e. The number of nitriles is 1. The number of hydrogen-bond donors (Lipinski definition) is 1. The van der Waals surface area contributed by atoms with Gasteiger partial charge in [0.1, 0.15) is 5.75 Å². The maximum atomic E-state index is 11.7. The molecule has 0 atom stereocenters. The van der Waals surface area contributed by atoms with Crippen LogP contribution in [0.25, 0.3) is 10.9 Å². The summed E-state index contributed by atoms with van der Waals surface area (Å²) in [5.74, 6) is 0.443. The molecule has 0 fully saturated rings.